The third-order valence-corrected chi connectivity index (χ3v) is 3.83. The zero-order chi connectivity index (χ0) is 17.4. The van der Waals surface area contributed by atoms with Crippen LogP contribution in [-0.2, 0) is 13.5 Å². The Morgan fingerprint density at radius 2 is 2.00 bits per heavy atom. The van der Waals surface area contributed by atoms with Crippen LogP contribution in [0.3, 0.4) is 0 Å². The molecule has 0 amide bonds. The topological polar surface area (TPSA) is 111 Å². The molecule has 0 aliphatic heterocycles. The molecule has 25 heavy (non-hydrogen) atoms. The van der Waals surface area contributed by atoms with E-state index in [9.17, 15) is 5.26 Å². The summed E-state index contributed by atoms with van der Waals surface area (Å²) < 4.78 is 3.23. The van der Waals surface area contributed by atoms with Gasteiger partial charge in [-0.15, -0.1) is 5.10 Å². The number of aromatic nitrogens is 6. The van der Waals surface area contributed by atoms with Crippen LogP contribution in [0.5, 0.6) is 0 Å². The van der Waals surface area contributed by atoms with E-state index in [4.69, 9.17) is 5.73 Å². The summed E-state index contributed by atoms with van der Waals surface area (Å²) in [4.78, 5) is 8.89. The fourth-order valence-corrected chi connectivity index (χ4v) is 2.69. The Balaban J connectivity index is 1.78. The maximum Gasteiger partial charge on any atom is 0.223 e. The van der Waals surface area contributed by atoms with E-state index in [0.29, 0.717) is 34.7 Å². The average Bonchev–Trinajstić information content (AvgIpc) is 3.21. The zero-order valence-electron chi connectivity index (χ0n) is 13.5. The number of aryl methyl sites for hydroxylation is 1. The maximum atomic E-state index is 9.28. The van der Waals surface area contributed by atoms with Crippen molar-refractivity contribution in [2.45, 2.75) is 6.42 Å². The molecule has 0 aliphatic rings. The number of hydrogen-bond acceptors (Lipinski definition) is 6. The summed E-state index contributed by atoms with van der Waals surface area (Å²) in [5.74, 6) is 0.831. The van der Waals surface area contributed by atoms with Crippen molar-refractivity contribution in [2.24, 2.45) is 7.05 Å². The molecule has 4 aromatic rings. The minimum absolute atomic E-state index is 0.222. The van der Waals surface area contributed by atoms with E-state index >= 15 is 0 Å². The molecular formula is C17H14N8. The summed E-state index contributed by atoms with van der Waals surface area (Å²) in [6, 6.07) is 13.1. The lowest BCUT2D eigenvalue weighted by Gasteiger charge is -2.05. The van der Waals surface area contributed by atoms with Crippen molar-refractivity contribution in [1.29, 1.82) is 5.26 Å². The van der Waals surface area contributed by atoms with Crippen LogP contribution in [0.2, 0.25) is 0 Å². The third kappa shape index (κ3) is 2.68. The Morgan fingerprint density at radius 1 is 1.16 bits per heavy atom. The second-order valence-electron chi connectivity index (χ2n) is 5.61. The molecule has 122 valence electrons. The fourth-order valence-electron chi connectivity index (χ4n) is 2.69. The van der Waals surface area contributed by atoms with E-state index < -0.39 is 0 Å². The molecule has 0 bridgehead atoms. The Bertz CT molecular complexity index is 1120. The van der Waals surface area contributed by atoms with Crippen LogP contribution < -0.4 is 5.73 Å². The number of benzene rings is 1. The first-order chi connectivity index (χ1) is 12.1. The molecular weight excluding hydrogens is 316 g/mol. The molecule has 3 aromatic heterocycles. The van der Waals surface area contributed by atoms with Crippen LogP contribution in [0.15, 0.2) is 42.6 Å². The van der Waals surface area contributed by atoms with E-state index in [2.05, 4.69) is 26.2 Å². The smallest absolute Gasteiger partial charge is 0.223 e. The van der Waals surface area contributed by atoms with Gasteiger partial charge in [0.15, 0.2) is 11.5 Å². The van der Waals surface area contributed by atoms with Gasteiger partial charge < -0.3 is 5.73 Å². The molecule has 3 heterocycles. The minimum Gasteiger partial charge on any atom is -0.368 e. The van der Waals surface area contributed by atoms with Crippen molar-refractivity contribution >= 4 is 11.6 Å². The van der Waals surface area contributed by atoms with E-state index in [1.807, 2.05) is 37.5 Å². The molecule has 8 heteroatoms. The predicted octanol–water partition coefficient (Wildman–Crippen LogP) is 1.57. The van der Waals surface area contributed by atoms with Crippen molar-refractivity contribution in [1.82, 2.24) is 29.4 Å². The molecule has 1 aromatic carbocycles. The normalized spacial score (nSPS) is 10.9. The van der Waals surface area contributed by atoms with Crippen molar-refractivity contribution in [3.8, 4) is 17.3 Å². The van der Waals surface area contributed by atoms with Gasteiger partial charge in [-0.2, -0.15) is 14.9 Å². The highest BCUT2D eigenvalue weighted by molar-refractivity contribution is 5.71. The van der Waals surface area contributed by atoms with Gasteiger partial charge in [-0.25, -0.2) is 9.97 Å². The van der Waals surface area contributed by atoms with Crippen molar-refractivity contribution in [3.05, 3.63) is 59.7 Å². The highest BCUT2D eigenvalue weighted by Gasteiger charge is 2.13. The summed E-state index contributed by atoms with van der Waals surface area (Å²) >= 11 is 0. The number of nitriles is 1. The molecule has 0 aliphatic carbocycles. The fraction of sp³-hybridized carbons (Fsp3) is 0.118. The Hall–Kier alpha value is -3.73. The van der Waals surface area contributed by atoms with Gasteiger partial charge in [0.2, 0.25) is 5.95 Å². The second kappa shape index (κ2) is 5.72. The average molecular weight is 330 g/mol. The number of fused-ring (bicyclic) bond motifs is 1. The minimum atomic E-state index is 0.222. The van der Waals surface area contributed by atoms with Gasteiger partial charge in [-0.05, 0) is 12.1 Å². The van der Waals surface area contributed by atoms with Gasteiger partial charge in [0, 0.05) is 24.9 Å². The van der Waals surface area contributed by atoms with E-state index in [1.165, 1.54) is 4.52 Å². The first kappa shape index (κ1) is 14.8. The molecule has 2 N–H and O–H groups in total. The van der Waals surface area contributed by atoms with Crippen molar-refractivity contribution < 1.29 is 0 Å². The summed E-state index contributed by atoms with van der Waals surface area (Å²) in [6.45, 7) is 0. The predicted molar refractivity (Wildman–Crippen MR) is 91.4 cm³/mol. The van der Waals surface area contributed by atoms with Crippen LogP contribution >= 0.6 is 0 Å². The van der Waals surface area contributed by atoms with Crippen molar-refractivity contribution in [2.75, 3.05) is 5.73 Å². The van der Waals surface area contributed by atoms with Crippen LogP contribution in [0.4, 0.5) is 5.95 Å². The SMILES string of the molecule is Cn1ccc(Cc2nc3cc(-c4ccccc4C#N)nc(N)n3n2)n1. The second-order valence-corrected chi connectivity index (χ2v) is 5.61. The molecule has 0 saturated heterocycles. The number of hydrogen-bond donors (Lipinski definition) is 1. The van der Waals surface area contributed by atoms with Gasteiger partial charge in [0.25, 0.3) is 0 Å². The highest BCUT2D eigenvalue weighted by Crippen LogP contribution is 2.23. The van der Waals surface area contributed by atoms with Crippen LogP contribution in [-0.4, -0.2) is 29.4 Å². The Labute approximate surface area is 143 Å². The number of anilines is 1. The quantitative estimate of drug-likeness (QED) is 0.610. The van der Waals surface area contributed by atoms with Crippen LogP contribution in [0.25, 0.3) is 16.9 Å². The summed E-state index contributed by atoms with van der Waals surface area (Å²) in [6.07, 6.45) is 2.38. The Morgan fingerprint density at radius 3 is 2.76 bits per heavy atom. The van der Waals surface area contributed by atoms with E-state index in [1.54, 1.807) is 16.8 Å². The molecule has 0 saturated carbocycles. The lowest BCUT2D eigenvalue weighted by molar-refractivity contribution is 0.743. The standard InChI is InChI=1S/C17H14N8/c1-24-7-6-12(22-24)8-15-21-16-9-14(20-17(19)25(16)23-15)13-5-3-2-4-11(13)10-18/h2-7,9H,8H2,1H3,(H2,19,20). The Kier molecular flexibility index (Phi) is 3.40. The molecule has 0 radical (unpaired) electrons. The monoisotopic (exact) mass is 330 g/mol. The van der Waals surface area contributed by atoms with Gasteiger partial charge in [-0.3, -0.25) is 4.68 Å². The van der Waals surface area contributed by atoms with Gasteiger partial charge in [0.1, 0.15) is 0 Å². The summed E-state index contributed by atoms with van der Waals surface area (Å²) in [7, 11) is 1.86. The number of nitrogens with two attached hydrogens (primary N) is 1. The molecule has 0 atom stereocenters. The summed E-state index contributed by atoms with van der Waals surface area (Å²) in [5.41, 5.74) is 9.35. The largest absolute Gasteiger partial charge is 0.368 e. The van der Waals surface area contributed by atoms with Gasteiger partial charge >= 0.3 is 0 Å². The molecule has 8 nitrogen and oxygen atoms in total. The number of rotatable bonds is 3. The highest BCUT2D eigenvalue weighted by atomic mass is 15.3. The molecule has 0 fully saturated rings. The maximum absolute atomic E-state index is 9.28. The first-order valence-electron chi connectivity index (χ1n) is 7.64. The summed E-state index contributed by atoms with van der Waals surface area (Å²) in [5, 5.41) is 18.0. The van der Waals surface area contributed by atoms with E-state index in [-0.39, 0.29) is 5.95 Å². The lowest BCUT2D eigenvalue weighted by atomic mass is 10.1. The van der Waals surface area contributed by atoms with Crippen LogP contribution in [0.1, 0.15) is 17.1 Å². The number of nitrogen functional groups attached to an aromatic ring is 1. The van der Waals surface area contributed by atoms with Crippen LogP contribution in [0, 0.1) is 11.3 Å². The molecule has 4 rings (SSSR count). The zero-order valence-corrected chi connectivity index (χ0v) is 13.5. The lowest BCUT2D eigenvalue weighted by Crippen LogP contribution is -2.03. The molecule has 0 spiro atoms. The third-order valence-electron chi connectivity index (χ3n) is 3.83. The van der Waals surface area contributed by atoms with E-state index in [0.717, 1.165) is 5.69 Å². The molecule has 0 unspecified atom stereocenters. The van der Waals surface area contributed by atoms with Crippen molar-refractivity contribution in [3.63, 3.8) is 0 Å². The first-order valence-corrected chi connectivity index (χ1v) is 7.64. The number of nitrogens with zero attached hydrogens (tertiary/aromatic N) is 7. The van der Waals surface area contributed by atoms with Gasteiger partial charge in [0.05, 0.1) is 29.4 Å². The van der Waals surface area contributed by atoms with Gasteiger partial charge in [-0.1, -0.05) is 18.2 Å².